The number of hydrogen-bond donors (Lipinski definition) is 2. The van der Waals surface area contributed by atoms with E-state index < -0.39 is 0 Å². The van der Waals surface area contributed by atoms with Gasteiger partial charge in [-0.2, -0.15) is 0 Å². The molecular weight excluding hydrogens is 152 g/mol. The lowest BCUT2D eigenvalue weighted by atomic mass is 9.94. The van der Waals surface area contributed by atoms with E-state index in [0.717, 1.165) is 17.7 Å². The number of rotatable bonds is 0. The largest absolute Gasteiger partial charge is 0.404 e. The van der Waals surface area contributed by atoms with E-state index in [1.54, 1.807) is 6.20 Å². The van der Waals surface area contributed by atoms with E-state index in [1.807, 2.05) is 19.9 Å². The van der Waals surface area contributed by atoms with Gasteiger partial charge in [-0.15, -0.1) is 0 Å². The van der Waals surface area contributed by atoms with Crippen LogP contribution in [0.5, 0.6) is 0 Å². The third kappa shape index (κ3) is 1.49. The molecule has 66 valence electrons. The van der Waals surface area contributed by atoms with Crippen LogP contribution < -0.4 is 11.1 Å². The molecule has 1 aliphatic rings. The number of carbonyl (C=O) groups is 1. The van der Waals surface area contributed by atoms with Gasteiger partial charge >= 0.3 is 0 Å². The topological polar surface area (TPSA) is 55.1 Å². The average Bonchev–Trinajstić information content (AvgIpc) is 2.09. The lowest BCUT2D eigenvalue weighted by Gasteiger charge is -2.23. The van der Waals surface area contributed by atoms with Crippen molar-refractivity contribution in [2.45, 2.75) is 20.3 Å². The van der Waals surface area contributed by atoms with Crippen LogP contribution in [0.4, 0.5) is 0 Å². The molecule has 0 aliphatic carbocycles. The van der Waals surface area contributed by atoms with Crippen molar-refractivity contribution in [2.75, 3.05) is 0 Å². The maximum atomic E-state index is 11.2. The summed E-state index contributed by atoms with van der Waals surface area (Å²) in [5.74, 6) is 0.109. The van der Waals surface area contributed by atoms with E-state index in [-0.39, 0.29) is 11.8 Å². The van der Waals surface area contributed by atoms with Gasteiger partial charge in [-0.1, -0.05) is 13.0 Å². The van der Waals surface area contributed by atoms with Gasteiger partial charge in [0.1, 0.15) is 0 Å². The molecular formula is C9H14N2O. The SMILES string of the molecule is C/C=C1/NC(=O)C(C)C/C1=C/N. The summed E-state index contributed by atoms with van der Waals surface area (Å²) in [6, 6.07) is 0. The van der Waals surface area contributed by atoms with E-state index in [4.69, 9.17) is 5.73 Å². The summed E-state index contributed by atoms with van der Waals surface area (Å²) in [5, 5.41) is 2.79. The molecule has 1 saturated heterocycles. The lowest BCUT2D eigenvalue weighted by molar-refractivity contribution is -0.124. The smallest absolute Gasteiger partial charge is 0.227 e. The summed E-state index contributed by atoms with van der Waals surface area (Å²) >= 11 is 0. The highest BCUT2D eigenvalue weighted by Gasteiger charge is 2.23. The summed E-state index contributed by atoms with van der Waals surface area (Å²) in [6.07, 6.45) is 4.16. The summed E-state index contributed by atoms with van der Waals surface area (Å²) in [4.78, 5) is 11.2. The van der Waals surface area contributed by atoms with Crippen LogP contribution in [0.25, 0.3) is 0 Å². The number of nitrogens with two attached hydrogens (primary N) is 1. The van der Waals surface area contributed by atoms with Crippen molar-refractivity contribution >= 4 is 5.91 Å². The second-order valence-electron chi connectivity index (χ2n) is 2.99. The van der Waals surface area contributed by atoms with E-state index in [9.17, 15) is 4.79 Å². The van der Waals surface area contributed by atoms with Crippen molar-refractivity contribution in [1.29, 1.82) is 0 Å². The van der Waals surface area contributed by atoms with Gasteiger partial charge in [0.25, 0.3) is 0 Å². The fourth-order valence-corrected chi connectivity index (χ4v) is 1.28. The summed E-state index contributed by atoms with van der Waals surface area (Å²) in [7, 11) is 0. The predicted molar refractivity (Wildman–Crippen MR) is 48.0 cm³/mol. The zero-order valence-corrected chi connectivity index (χ0v) is 7.42. The molecule has 1 fully saturated rings. The lowest BCUT2D eigenvalue weighted by Crippen LogP contribution is -2.35. The molecule has 0 aromatic heterocycles. The number of allylic oxidation sites excluding steroid dienone is 2. The molecule has 1 amide bonds. The van der Waals surface area contributed by atoms with Crippen LogP contribution in [0.15, 0.2) is 23.5 Å². The molecule has 3 heteroatoms. The Kier molecular flexibility index (Phi) is 2.53. The van der Waals surface area contributed by atoms with Gasteiger partial charge in [-0.3, -0.25) is 4.79 Å². The number of piperidine rings is 1. The number of hydrogen-bond acceptors (Lipinski definition) is 2. The molecule has 1 unspecified atom stereocenters. The van der Waals surface area contributed by atoms with Crippen LogP contribution in [0.1, 0.15) is 20.3 Å². The molecule has 0 aromatic rings. The Morgan fingerprint density at radius 1 is 1.67 bits per heavy atom. The Hall–Kier alpha value is -1.25. The van der Waals surface area contributed by atoms with Crippen LogP contribution in [0, 0.1) is 5.92 Å². The van der Waals surface area contributed by atoms with Gasteiger partial charge in [-0.05, 0) is 25.1 Å². The summed E-state index contributed by atoms with van der Waals surface area (Å²) in [6.45, 7) is 3.78. The monoisotopic (exact) mass is 166 g/mol. The van der Waals surface area contributed by atoms with Gasteiger partial charge in [0.2, 0.25) is 5.91 Å². The van der Waals surface area contributed by atoms with Crippen molar-refractivity contribution < 1.29 is 4.79 Å². The molecule has 0 aromatic carbocycles. The highest BCUT2D eigenvalue weighted by molar-refractivity contribution is 5.83. The van der Waals surface area contributed by atoms with E-state index >= 15 is 0 Å². The van der Waals surface area contributed by atoms with E-state index in [2.05, 4.69) is 5.32 Å². The van der Waals surface area contributed by atoms with Gasteiger partial charge in [0.15, 0.2) is 0 Å². The first-order valence-corrected chi connectivity index (χ1v) is 4.07. The highest BCUT2D eigenvalue weighted by Crippen LogP contribution is 2.22. The van der Waals surface area contributed by atoms with Crippen molar-refractivity contribution in [1.82, 2.24) is 5.32 Å². The first-order chi connectivity index (χ1) is 5.69. The fourth-order valence-electron chi connectivity index (χ4n) is 1.28. The molecule has 3 N–H and O–H groups in total. The van der Waals surface area contributed by atoms with Gasteiger partial charge in [0.05, 0.1) is 0 Å². The molecule has 0 saturated carbocycles. The minimum absolute atomic E-state index is 0.0310. The Bertz CT molecular complexity index is 253. The zero-order valence-electron chi connectivity index (χ0n) is 7.42. The Labute approximate surface area is 72.3 Å². The molecule has 0 radical (unpaired) electrons. The Morgan fingerprint density at radius 2 is 2.33 bits per heavy atom. The molecule has 1 atom stereocenters. The van der Waals surface area contributed by atoms with Crippen molar-refractivity contribution in [3.63, 3.8) is 0 Å². The zero-order chi connectivity index (χ0) is 9.14. The number of carbonyl (C=O) groups excluding carboxylic acids is 1. The normalized spacial score (nSPS) is 30.8. The molecule has 12 heavy (non-hydrogen) atoms. The first-order valence-electron chi connectivity index (χ1n) is 4.07. The standard InChI is InChI=1S/C9H14N2O/c1-3-8-7(5-10)4-6(2)9(12)11-8/h3,5-6H,4,10H2,1-2H3,(H,11,12)/b7-5-,8-3+. The molecule has 0 bridgehead atoms. The van der Waals surface area contributed by atoms with Crippen molar-refractivity contribution in [3.8, 4) is 0 Å². The fraction of sp³-hybridized carbons (Fsp3) is 0.444. The van der Waals surface area contributed by atoms with E-state index in [0.29, 0.717) is 0 Å². The minimum atomic E-state index is 0.0310. The second-order valence-corrected chi connectivity index (χ2v) is 2.99. The predicted octanol–water partition coefficient (Wildman–Crippen LogP) is 0.889. The Morgan fingerprint density at radius 3 is 2.83 bits per heavy atom. The minimum Gasteiger partial charge on any atom is -0.404 e. The maximum Gasteiger partial charge on any atom is 0.227 e. The second kappa shape index (κ2) is 3.43. The van der Waals surface area contributed by atoms with Crippen molar-refractivity contribution in [3.05, 3.63) is 23.5 Å². The van der Waals surface area contributed by atoms with Crippen molar-refractivity contribution in [2.24, 2.45) is 11.7 Å². The summed E-state index contributed by atoms with van der Waals surface area (Å²) in [5.41, 5.74) is 7.29. The van der Waals surface area contributed by atoms with Gasteiger partial charge < -0.3 is 11.1 Å². The summed E-state index contributed by atoms with van der Waals surface area (Å²) < 4.78 is 0. The molecule has 1 aliphatic heterocycles. The van der Waals surface area contributed by atoms with Crippen LogP contribution >= 0.6 is 0 Å². The third-order valence-electron chi connectivity index (χ3n) is 2.07. The first kappa shape index (κ1) is 8.84. The average molecular weight is 166 g/mol. The van der Waals surface area contributed by atoms with Crippen LogP contribution in [-0.2, 0) is 4.79 Å². The molecule has 3 nitrogen and oxygen atoms in total. The van der Waals surface area contributed by atoms with Crippen LogP contribution in [0.3, 0.4) is 0 Å². The van der Waals surface area contributed by atoms with Crippen LogP contribution in [0.2, 0.25) is 0 Å². The molecule has 1 heterocycles. The Balaban J connectivity index is 2.86. The number of amides is 1. The maximum absolute atomic E-state index is 11.2. The number of nitrogens with one attached hydrogen (secondary N) is 1. The quantitative estimate of drug-likeness (QED) is 0.561. The van der Waals surface area contributed by atoms with Crippen LogP contribution in [-0.4, -0.2) is 5.91 Å². The van der Waals surface area contributed by atoms with E-state index in [1.165, 1.54) is 0 Å². The molecule has 1 rings (SSSR count). The molecule has 0 spiro atoms. The van der Waals surface area contributed by atoms with Gasteiger partial charge in [-0.25, -0.2) is 0 Å². The van der Waals surface area contributed by atoms with Gasteiger partial charge in [0, 0.05) is 11.6 Å². The highest BCUT2D eigenvalue weighted by atomic mass is 16.1. The third-order valence-corrected chi connectivity index (χ3v) is 2.07.